The fourth-order valence-corrected chi connectivity index (χ4v) is 1.48. The molecule has 0 fully saturated rings. The van der Waals surface area contributed by atoms with Gasteiger partial charge in [-0.2, -0.15) is 13.2 Å². The number of carbonyl (C=O) groups is 1. The van der Waals surface area contributed by atoms with Crippen LogP contribution in [0.4, 0.5) is 13.2 Å². The molecule has 2 aromatic rings. The van der Waals surface area contributed by atoms with Gasteiger partial charge in [0.05, 0.1) is 6.61 Å². The lowest BCUT2D eigenvalue weighted by atomic mass is 10.2. The molecule has 2 heterocycles. The first-order valence-electron chi connectivity index (χ1n) is 5.82. The van der Waals surface area contributed by atoms with Crippen LogP contribution in [0.15, 0.2) is 24.7 Å². The molecule has 0 aliphatic rings. The van der Waals surface area contributed by atoms with Crippen LogP contribution in [0.5, 0.6) is 0 Å². The average molecular weight is 298 g/mol. The van der Waals surface area contributed by atoms with E-state index in [1.807, 2.05) is 0 Å². The SMILES string of the molecule is CCOC(=O)c1cnc(-c2ncccn2)nc1C(F)(F)F. The van der Waals surface area contributed by atoms with Crippen molar-refractivity contribution in [2.45, 2.75) is 13.1 Å². The molecule has 0 radical (unpaired) electrons. The van der Waals surface area contributed by atoms with E-state index in [-0.39, 0.29) is 18.3 Å². The molecule has 0 aromatic carbocycles. The molecule has 2 rings (SSSR count). The van der Waals surface area contributed by atoms with Gasteiger partial charge >= 0.3 is 12.1 Å². The number of aromatic nitrogens is 4. The number of rotatable bonds is 3. The number of halogens is 3. The third-order valence-corrected chi connectivity index (χ3v) is 2.32. The highest BCUT2D eigenvalue weighted by Crippen LogP contribution is 2.31. The van der Waals surface area contributed by atoms with E-state index in [1.54, 1.807) is 0 Å². The Labute approximate surface area is 117 Å². The molecule has 0 atom stereocenters. The molecule has 2 aromatic heterocycles. The third-order valence-electron chi connectivity index (χ3n) is 2.32. The van der Waals surface area contributed by atoms with Crippen LogP contribution in [0.2, 0.25) is 0 Å². The summed E-state index contributed by atoms with van der Waals surface area (Å²) in [7, 11) is 0. The fourth-order valence-electron chi connectivity index (χ4n) is 1.48. The highest BCUT2D eigenvalue weighted by molar-refractivity contribution is 5.90. The molecule has 0 amide bonds. The van der Waals surface area contributed by atoms with E-state index in [0.717, 1.165) is 6.20 Å². The Morgan fingerprint density at radius 1 is 1.19 bits per heavy atom. The molecule has 0 saturated heterocycles. The third kappa shape index (κ3) is 3.30. The molecule has 0 bridgehead atoms. The van der Waals surface area contributed by atoms with Crippen molar-refractivity contribution in [2.75, 3.05) is 6.61 Å². The van der Waals surface area contributed by atoms with Crippen molar-refractivity contribution in [1.29, 1.82) is 0 Å². The van der Waals surface area contributed by atoms with Crippen LogP contribution in [0.1, 0.15) is 23.0 Å². The van der Waals surface area contributed by atoms with Gasteiger partial charge in [-0.1, -0.05) is 0 Å². The minimum Gasteiger partial charge on any atom is -0.462 e. The Morgan fingerprint density at radius 3 is 2.43 bits per heavy atom. The number of ether oxygens (including phenoxy) is 1. The van der Waals surface area contributed by atoms with Crippen LogP contribution in [-0.2, 0) is 10.9 Å². The summed E-state index contributed by atoms with van der Waals surface area (Å²) < 4.78 is 43.6. The average Bonchev–Trinajstić information content (AvgIpc) is 2.47. The van der Waals surface area contributed by atoms with Gasteiger partial charge in [0.2, 0.25) is 0 Å². The van der Waals surface area contributed by atoms with Crippen molar-refractivity contribution in [2.24, 2.45) is 0 Å². The molecule has 21 heavy (non-hydrogen) atoms. The molecular formula is C12H9F3N4O2. The summed E-state index contributed by atoms with van der Waals surface area (Å²) in [5, 5.41) is 0. The topological polar surface area (TPSA) is 77.9 Å². The van der Waals surface area contributed by atoms with Gasteiger partial charge in [-0.15, -0.1) is 0 Å². The van der Waals surface area contributed by atoms with Crippen LogP contribution in [-0.4, -0.2) is 32.5 Å². The highest BCUT2D eigenvalue weighted by atomic mass is 19.4. The summed E-state index contributed by atoms with van der Waals surface area (Å²) in [6.07, 6.45) is -1.37. The van der Waals surface area contributed by atoms with E-state index in [4.69, 9.17) is 0 Å². The minimum absolute atomic E-state index is 0.0559. The standard InChI is InChI=1S/C12H9F3N4O2/c1-2-21-11(20)7-6-18-10(9-16-4-3-5-17-9)19-8(7)12(13,14)15/h3-6H,2H2,1H3. The molecule has 110 valence electrons. The molecule has 0 aliphatic heterocycles. The number of hydrogen-bond acceptors (Lipinski definition) is 6. The maximum atomic E-state index is 13.0. The maximum absolute atomic E-state index is 13.0. The maximum Gasteiger partial charge on any atom is 0.434 e. The molecular weight excluding hydrogens is 289 g/mol. The van der Waals surface area contributed by atoms with E-state index in [1.165, 1.54) is 25.4 Å². The summed E-state index contributed by atoms with van der Waals surface area (Å²) in [6.45, 7) is 1.43. The van der Waals surface area contributed by atoms with Crippen LogP contribution in [0.3, 0.4) is 0 Å². The predicted molar refractivity (Wildman–Crippen MR) is 64.0 cm³/mol. The number of nitrogens with zero attached hydrogens (tertiary/aromatic N) is 4. The Balaban J connectivity index is 2.53. The van der Waals surface area contributed by atoms with Crippen molar-refractivity contribution in [1.82, 2.24) is 19.9 Å². The summed E-state index contributed by atoms with van der Waals surface area (Å²) in [5.74, 6) is -1.53. The summed E-state index contributed by atoms with van der Waals surface area (Å²) >= 11 is 0. The van der Waals surface area contributed by atoms with Crippen LogP contribution < -0.4 is 0 Å². The molecule has 0 saturated carbocycles. The van der Waals surface area contributed by atoms with Crippen molar-refractivity contribution < 1.29 is 22.7 Å². The summed E-state index contributed by atoms with van der Waals surface area (Å²) in [5.41, 5.74) is -2.12. The van der Waals surface area contributed by atoms with E-state index < -0.39 is 23.4 Å². The summed E-state index contributed by atoms with van der Waals surface area (Å²) in [6, 6.07) is 1.50. The van der Waals surface area contributed by atoms with Gasteiger partial charge in [-0.05, 0) is 13.0 Å². The smallest absolute Gasteiger partial charge is 0.434 e. The van der Waals surface area contributed by atoms with Crippen molar-refractivity contribution in [3.05, 3.63) is 35.9 Å². The Bertz CT molecular complexity index is 647. The number of esters is 1. The zero-order valence-electron chi connectivity index (χ0n) is 10.8. The quantitative estimate of drug-likeness (QED) is 0.808. The molecule has 0 N–H and O–H groups in total. The lowest BCUT2D eigenvalue weighted by molar-refractivity contribution is -0.141. The molecule has 0 unspecified atom stereocenters. The first-order valence-corrected chi connectivity index (χ1v) is 5.82. The van der Waals surface area contributed by atoms with E-state index in [0.29, 0.717) is 0 Å². The Morgan fingerprint density at radius 2 is 1.86 bits per heavy atom. The van der Waals surface area contributed by atoms with Crippen LogP contribution >= 0.6 is 0 Å². The van der Waals surface area contributed by atoms with Gasteiger partial charge in [0.1, 0.15) is 5.56 Å². The first kappa shape index (κ1) is 14.8. The fraction of sp³-hybridized carbons (Fsp3) is 0.250. The summed E-state index contributed by atoms with van der Waals surface area (Å²) in [4.78, 5) is 26.1. The van der Waals surface area contributed by atoms with Gasteiger partial charge in [-0.25, -0.2) is 24.7 Å². The largest absolute Gasteiger partial charge is 0.462 e. The number of hydrogen-bond donors (Lipinski definition) is 0. The second-order valence-corrected chi connectivity index (χ2v) is 3.75. The van der Waals surface area contributed by atoms with E-state index >= 15 is 0 Å². The number of carbonyl (C=O) groups excluding carboxylic acids is 1. The van der Waals surface area contributed by atoms with Crippen molar-refractivity contribution >= 4 is 5.97 Å². The van der Waals surface area contributed by atoms with E-state index in [9.17, 15) is 18.0 Å². The number of alkyl halides is 3. The molecule has 0 spiro atoms. The lowest BCUT2D eigenvalue weighted by Crippen LogP contribution is -2.18. The monoisotopic (exact) mass is 298 g/mol. The van der Waals surface area contributed by atoms with Gasteiger partial charge in [0.25, 0.3) is 0 Å². The second-order valence-electron chi connectivity index (χ2n) is 3.75. The Hall–Kier alpha value is -2.58. The van der Waals surface area contributed by atoms with Gasteiger partial charge in [-0.3, -0.25) is 0 Å². The zero-order valence-corrected chi connectivity index (χ0v) is 10.8. The van der Waals surface area contributed by atoms with Crippen molar-refractivity contribution in [3.8, 4) is 11.6 Å². The minimum atomic E-state index is -4.82. The van der Waals surface area contributed by atoms with Gasteiger partial charge in [0.15, 0.2) is 17.3 Å². The predicted octanol–water partition coefficient (Wildman–Crippen LogP) is 2.13. The Kier molecular flexibility index (Phi) is 4.10. The molecule has 6 nitrogen and oxygen atoms in total. The lowest BCUT2D eigenvalue weighted by Gasteiger charge is -2.11. The first-order chi connectivity index (χ1) is 9.93. The highest BCUT2D eigenvalue weighted by Gasteiger charge is 2.38. The zero-order chi connectivity index (χ0) is 15.5. The van der Waals surface area contributed by atoms with Crippen LogP contribution in [0, 0.1) is 0 Å². The normalized spacial score (nSPS) is 11.2. The van der Waals surface area contributed by atoms with Gasteiger partial charge < -0.3 is 4.74 Å². The van der Waals surface area contributed by atoms with Crippen LogP contribution in [0.25, 0.3) is 11.6 Å². The second kappa shape index (κ2) is 5.81. The molecule has 9 heteroatoms. The van der Waals surface area contributed by atoms with E-state index in [2.05, 4.69) is 24.7 Å². The van der Waals surface area contributed by atoms with Crippen molar-refractivity contribution in [3.63, 3.8) is 0 Å². The molecule has 0 aliphatic carbocycles. The van der Waals surface area contributed by atoms with Gasteiger partial charge in [0, 0.05) is 18.6 Å².